The smallest absolute Gasteiger partial charge is 0.350 e. The molecule has 1 aliphatic rings. The highest BCUT2D eigenvalue weighted by Gasteiger charge is 2.48. The zero-order chi connectivity index (χ0) is 30.8. The Bertz CT molecular complexity index is 1760. The summed E-state index contributed by atoms with van der Waals surface area (Å²) in [5.74, 6) is -2.40. The van der Waals surface area contributed by atoms with Gasteiger partial charge in [0.15, 0.2) is 16.6 Å². The number of aromatic nitrogens is 1. The maximum Gasteiger partial charge on any atom is 0.350 e. The second-order valence-electron chi connectivity index (χ2n) is 9.75. The topological polar surface area (TPSA) is 135 Å². The molecule has 0 radical (unpaired) electrons. The van der Waals surface area contributed by atoms with E-state index in [1.54, 1.807) is 32.0 Å². The summed E-state index contributed by atoms with van der Waals surface area (Å²) < 4.78 is 16.0. The fourth-order valence-electron chi connectivity index (χ4n) is 4.85. The maximum absolute atomic E-state index is 13.6. The lowest BCUT2D eigenvalue weighted by Crippen LogP contribution is -2.29. The Labute approximate surface area is 251 Å². The van der Waals surface area contributed by atoms with Crippen LogP contribution >= 0.6 is 11.3 Å². The summed E-state index contributed by atoms with van der Waals surface area (Å²) in [5, 5.41) is 21.9. The fourth-order valence-corrected chi connectivity index (χ4v) is 5.87. The SMILES string of the molecule is COC(=O)c1sc(N2C(=O)C(=O)C(=C(O)c3ccc(OCc4ccccc4)cc3C)[C@H]2c2ccc(O)c(OC)c2)nc1C. The first-order valence-electron chi connectivity index (χ1n) is 13.2. The Balaban J connectivity index is 1.61. The number of aliphatic hydroxyl groups is 1. The van der Waals surface area contributed by atoms with Gasteiger partial charge < -0.3 is 24.4 Å². The summed E-state index contributed by atoms with van der Waals surface area (Å²) in [7, 11) is 2.60. The Morgan fingerprint density at radius 3 is 2.44 bits per heavy atom. The molecule has 2 N–H and O–H groups in total. The van der Waals surface area contributed by atoms with Gasteiger partial charge in [-0.3, -0.25) is 14.5 Å². The van der Waals surface area contributed by atoms with Crippen LogP contribution in [-0.2, 0) is 20.9 Å². The maximum atomic E-state index is 13.6. The molecule has 4 aromatic rings. The van der Waals surface area contributed by atoms with Crippen LogP contribution in [0.15, 0.2) is 72.3 Å². The molecular weight excluding hydrogens is 572 g/mol. The van der Waals surface area contributed by atoms with E-state index in [0.717, 1.165) is 21.8 Å². The molecule has 1 fully saturated rings. The number of rotatable bonds is 8. The molecular formula is C32H28N2O8S. The average molecular weight is 601 g/mol. The normalized spacial score (nSPS) is 15.9. The quantitative estimate of drug-likeness (QED) is 0.117. The first-order valence-corrected chi connectivity index (χ1v) is 14.0. The van der Waals surface area contributed by atoms with Gasteiger partial charge >= 0.3 is 11.9 Å². The second kappa shape index (κ2) is 12.0. The number of benzene rings is 3. The van der Waals surface area contributed by atoms with Crippen molar-refractivity contribution in [2.24, 2.45) is 0 Å². The van der Waals surface area contributed by atoms with Crippen molar-refractivity contribution in [3.8, 4) is 17.2 Å². The van der Waals surface area contributed by atoms with E-state index >= 15 is 0 Å². The average Bonchev–Trinajstić information content (AvgIpc) is 3.52. The van der Waals surface area contributed by atoms with Crippen LogP contribution in [0.5, 0.6) is 17.2 Å². The molecule has 1 atom stereocenters. The number of aryl methyl sites for hydroxylation is 2. The van der Waals surface area contributed by atoms with Gasteiger partial charge in [0, 0.05) is 5.56 Å². The molecule has 0 spiro atoms. The minimum absolute atomic E-state index is 0.0671. The van der Waals surface area contributed by atoms with Gasteiger partial charge in [0.05, 0.1) is 31.5 Å². The lowest BCUT2D eigenvalue weighted by Gasteiger charge is -2.23. The van der Waals surface area contributed by atoms with Crippen molar-refractivity contribution in [2.45, 2.75) is 26.5 Å². The van der Waals surface area contributed by atoms with Crippen molar-refractivity contribution in [1.29, 1.82) is 0 Å². The summed E-state index contributed by atoms with van der Waals surface area (Å²) in [4.78, 5) is 45.2. The van der Waals surface area contributed by atoms with Crippen molar-refractivity contribution < 1.29 is 38.8 Å². The molecule has 3 aromatic carbocycles. The number of thiazole rings is 1. The Kier molecular flexibility index (Phi) is 8.18. The van der Waals surface area contributed by atoms with E-state index in [-0.39, 0.29) is 27.1 Å². The zero-order valence-electron chi connectivity index (χ0n) is 23.8. The Morgan fingerprint density at radius 2 is 1.77 bits per heavy atom. The number of esters is 1. The number of hydrogen-bond donors (Lipinski definition) is 2. The van der Waals surface area contributed by atoms with E-state index in [4.69, 9.17) is 14.2 Å². The van der Waals surface area contributed by atoms with Crippen LogP contribution in [0.25, 0.3) is 5.76 Å². The van der Waals surface area contributed by atoms with E-state index in [2.05, 4.69) is 4.98 Å². The predicted molar refractivity (Wildman–Crippen MR) is 160 cm³/mol. The monoisotopic (exact) mass is 600 g/mol. The molecule has 5 rings (SSSR count). The summed E-state index contributed by atoms with van der Waals surface area (Å²) in [6.07, 6.45) is 0. The van der Waals surface area contributed by atoms with Crippen LogP contribution in [0.4, 0.5) is 5.13 Å². The van der Waals surface area contributed by atoms with Gasteiger partial charge in [0.1, 0.15) is 23.0 Å². The van der Waals surface area contributed by atoms with E-state index in [9.17, 15) is 24.6 Å². The first-order chi connectivity index (χ1) is 20.6. The molecule has 0 unspecified atom stereocenters. The summed E-state index contributed by atoms with van der Waals surface area (Å²) in [5.41, 5.74) is 2.41. The number of Topliss-reactive ketones (excluding diaryl/α,β-unsaturated/α-hetero) is 1. The van der Waals surface area contributed by atoms with Gasteiger partial charge in [-0.25, -0.2) is 9.78 Å². The first kappa shape index (κ1) is 29.3. The third kappa shape index (κ3) is 5.54. The van der Waals surface area contributed by atoms with Crippen LogP contribution in [0.1, 0.15) is 43.7 Å². The van der Waals surface area contributed by atoms with Crippen LogP contribution in [-0.4, -0.2) is 47.1 Å². The Morgan fingerprint density at radius 1 is 1.02 bits per heavy atom. The predicted octanol–water partition coefficient (Wildman–Crippen LogP) is 5.47. The third-order valence-corrected chi connectivity index (χ3v) is 8.16. The second-order valence-corrected chi connectivity index (χ2v) is 10.7. The van der Waals surface area contributed by atoms with Gasteiger partial charge in [-0.1, -0.05) is 47.7 Å². The summed E-state index contributed by atoms with van der Waals surface area (Å²) in [6.45, 7) is 3.69. The number of methoxy groups -OCH3 is 2. The summed E-state index contributed by atoms with van der Waals surface area (Å²) in [6, 6.07) is 17.9. The number of anilines is 1. The molecule has 0 saturated carbocycles. The number of carbonyl (C=O) groups excluding carboxylic acids is 3. The van der Waals surface area contributed by atoms with Crippen molar-refractivity contribution in [3.63, 3.8) is 0 Å². The lowest BCUT2D eigenvalue weighted by molar-refractivity contribution is -0.132. The molecule has 1 amide bonds. The molecule has 1 aliphatic heterocycles. The molecule has 1 aromatic heterocycles. The molecule has 2 heterocycles. The van der Waals surface area contributed by atoms with Crippen LogP contribution in [0.3, 0.4) is 0 Å². The number of carbonyl (C=O) groups is 3. The number of phenolic OH excluding ortho intramolecular Hbond substituents is 1. The molecule has 43 heavy (non-hydrogen) atoms. The number of aromatic hydroxyl groups is 1. The van der Waals surface area contributed by atoms with Crippen molar-refractivity contribution in [2.75, 3.05) is 19.1 Å². The molecule has 11 heteroatoms. The number of amides is 1. The number of ether oxygens (including phenoxy) is 3. The summed E-state index contributed by atoms with van der Waals surface area (Å²) >= 11 is 0.891. The minimum atomic E-state index is -1.15. The van der Waals surface area contributed by atoms with Gasteiger partial charge in [0.2, 0.25) is 0 Å². The largest absolute Gasteiger partial charge is 0.507 e. The standard InChI is InChI=1S/C32H28N2O8S/c1-17-14-21(42-16-19-8-6-5-7-9-19)11-12-22(17)27(36)25-26(20-10-13-23(35)24(15-20)40-3)34(30(38)28(25)37)32-33-18(2)29(43-32)31(39)41-4/h5-15,26,35-36H,16H2,1-4H3/t26-/m1/s1. The molecule has 0 bridgehead atoms. The van der Waals surface area contributed by atoms with Crippen molar-refractivity contribution in [3.05, 3.63) is 105 Å². The number of hydrogen-bond acceptors (Lipinski definition) is 10. The van der Waals surface area contributed by atoms with Crippen molar-refractivity contribution >= 4 is 39.9 Å². The van der Waals surface area contributed by atoms with Crippen molar-refractivity contribution in [1.82, 2.24) is 4.98 Å². The third-order valence-electron chi connectivity index (χ3n) is 7.03. The zero-order valence-corrected chi connectivity index (χ0v) is 24.6. The number of nitrogens with zero attached hydrogens (tertiary/aromatic N) is 2. The van der Waals surface area contributed by atoms with E-state index in [1.165, 1.54) is 32.4 Å². The van der Waals surface area contributed by atoms with Crippen LogP contribution in [0, 0.1) is 13.8 Å². The van der Waals surface area contributed by atoms with Gasteiger partial charge in [-0.15, -0.1) is 0 Å². The fraction of sp³-hybridized carbons (Fsp3) is 0.188. The van der Waals surface area contributed by atoms with E-state index in [1.807, 2.05) is 30.3 Å². The van der Waals surface area contributed by atoms with Gasteiger partial charge in [-0.05, 0) is 60.9 Å². The lowest BCUT2D eigenvalue weighted by atomic mass is 9.93. The molecule has 220 valence electrons. The van der Waals surface area contributed by atoms with Crippen LogP contribution in [0.2, 0.25) is 0 Å². The van der Waals surface area contributed by atoms with Crippen LogP contribution < -0.4 is 14.4 Å². The van der Waals surface area contributed by atoms with Gasteiger partial charge in [0.25, 0.3) is 5.78 Å². The molecule has 0 aliphatic carbocycles. The highest BCUT2D eigenvalue weighted by molar-refractivity contribution is 7.17. The molecule has 10 nitrogen and oxygen atoms in total. The molecule has 1 saturated heterocycles. The highest BCUT2D eigenvalue weighted by atomic mass is 32.1. The van der Waals surface area contributed by atoms with E-state index in [0.29, 0.717) is 34.7 Å². The number of aliphatic hydroxyl groups excluding tert-OH is 1. The number of phenols is 1. The highest BCUT2D eigenvalue weighted by Crippen LogP contribution is 2.45. The van der Waals surface area contributed by atoms with Gasteiger partial charge in [-0.2, -0.15) is 0 Å². The van der Waals surface area contributed by atoms with E-state index < -0.39 is 29.5 Å². The number of ketones is 1. The Hall–Kier alpha value is -5.16. The minimum Gasteiger partial charge on any atom is -0.507 e.